The van der Waals surface area contributed by atoms with Crippen molar-refractivity contribution < 1.29 is 0 Å². The SMILES string of the molecule is C=CCCNc1ncc(C)cc1NC. The van der Waals surface area contributed by atoms with E-state index in [4.69, 9.17) is 0 Å². The van der Waals surface area contributed by atoms with Gasteiger partial charge in [-0.1, -0.05) is 6.08 Å². The zero-order valence-corrected chi connectivity index (χ0v) is 8.80. The van der Waals surface area contributed by atoms with E-state index in [-0.39, 0.29) is 0 Å². The van der Waals surface area contributed by atoms with Crippen molar-refractivity contribution in [2.24, 2.45) is 0 Å². The van der Waals surface area contributed by atoms with Crippen molar-refractivity contribution in [2.45, 2.75) is 13.3 Å². The maximum absolute atomic E-state index is 4.31. The Morgan fingerprint density at radius 3 is 3.00 bits per heavy atom. The zero-order chi connectivity index (χ0) is 10.4. The second-order valence-electron chi connectivity index (χ2n) is 3.16. The van der Waals surface area contributed by atoms with Crippen LogP contribution in [0.15, 0.2) is 24.9 Å². The lowest BCUT2D eigenvalue weighted by atomic mass is 10.3. The average Bonchev–Trinajstić information content (AvgIpc) is 2.20. The summed E-state index contributed by atoms with van der Waals surface area (Å²) in [6.07, 6.45) is 4.69. The van der Waals surface area contributed by atoms with E-state index in [2.05, 4.69) is 28.3 Å². The molecule has 3 nitrogen and oxygen atoms in total. The highest BCUT2D eigenvalue weighted by Gasteiger charge is 2.00. The van der Waals surface area contributed by atoms with Crippen LogP contribution in [0.4, 0.5) is 11.5 Å². The molecule has 0 aliphatic heterocycles. The molecular weight excluding hydrogens is 174 g/mol. The van der Waals surface area contributed by atoms with Crippen LogP contribution in [-0.2, 0) is 0 Å². The molecular formula is C11H17N3. The second kappa shape index (κ2) is 5.27. The third kappa shape index (κ3) is 2.76. The van der Waals surface area contributed by atoms with Crippen LogP contribution in [0.1, 0.15) is 12.0 Å². The molecule has 0 saturated carbocycles. The van der Waals surface area contributed by atoms with Gasteiger partial charge in [-0.3, -0.25) is 0 Å². The Kier molecular flexibility index (Phi) is 3.98. The molecule has 1 rings (SSSR count). The number of hydrogen-bond acceptors (Lipinski definition) is 3. The molecule has 0 aromatic carbocycles. The molecule has 0 fully saturated rings. The monoisotopic (exact) mass is 191 g/mol. The van der Waals surface area contributed by atoms with Crippen LogP contribution in [0.2, 0.25) is 0 Å². The molecule has 0 radical (unpaired) electrons. The minimum Gasteiger partial charge on any atom is -0.385 e. The van der Waals surface area contributed by atoms with E-state index in [0.29, 0.717) is 0 Å². The topological polar surface area (TPSA) is 37.0 Å². The van der Waals surface area contributed by atoms with Gasteiger partial charge in [0.1, 0.15) is 5.82 Å². The lowest BCUT2D eigenvalue weighted by Gasteiger charge is -2.10. The average molecular weight is 191 g/mol. The van der Waals surface area contributed by atoms with Crippen molar-refractivity contribution in [2.75, 3.05) is 24.2 Å². The van der Waals surface area contributed by atoms with E-state index in [1.165, 1.54) is 0 Å². The number of aromatic nitrogens is 1. The first-order chi connectivity index (χ1) is 6.77. The minimum absolute atomic E-state index is 0.869. The van der Waals surface area contributed by atoms with Crippen LogP contribution in [0.5, 0.6) is 0 Å². The Balaban J connectivity index is 2.69. The molecule has 2 N–H and O–H groups in total. The van der Waals surface area contributed by atoms with Gasteiger partial charge in [-0.05, 0) is 25.0 Å². The number of pyridine rings is 1. The summed E-state index contributed by atoms with van der Waals surface area (Å²) < 4.78 is 0. The van der Waals surface area contributed by atoms with Crippen LogP contribution in [0.3, 0.4) is 0 Å². The molecule has 0 saturated heterocycles. The van der Waals surface area contributed by atoms with Crippen molar-refractivity contribution in [3.05, 3.63) is 30.5 Å². The van der Waals surface area contributed by atoms with Crippen molar-refractivity contribution in [3.63, 3.8) is 0 Å². The molecule has 0 aliphatic rings. The third-order valence-electron chi connectivity index (χ3n) is 1.93. The maximum atomic E-state index is 4.31. The largest absolute Gasteiger partial charge is 0.385 e. The lowest BCUT2D eigenvalue weighted by molar-refractivity contribution is 1.05. The Morgan fingerprint density at radius 2 is 2.36 bits per heavy atom. The van der Waals surface area contributed by atoms with Crippen molar-refractivity contribution in [3.8, 4) is 0 Å². The molecule has 0 spiro atoms. The molecule has 3 heteroatoms. The fourth-order valence-electron chi connectivity index (χ4n) is 1.19. The molecule has 0 amide bonds. The van der Waals surface area contributed by atoms with Gasteiger partial charge in [-0.15, -0.1) is 6.58 Å². The molecule has 1 aromatic heterocycles. The van der Waals surface area contributed by atoms with E-state index in [1.807, 2.05) is 26.2 Å². The Bertz CT molecular complexity index is 307. The van der Waals surface area contributed by atoms with Crippen LogP contribution in [0.25, 0.3) is 0 Å². The van der Waals surface area contributed by atoms with Gasteiger partial charge in [0.2, 0.25) is 0 Å². The van der Waals surface area contributed by atoms with Gasteiger partial charge in [0.15, 0.2) is 0 Å². The zero-order valence-electron chi connectivity index (χ0n) is 8.80. The summed E-state index contributed by atoms with van der Waals surface area (Å²) in [5.41, 5.74) is 2.19. The smallest absolute Gasteiger partial charge is 0.149 e. The maximum Gasteiger partial charge on any atom is 0.149 e. The predicted molar refractivity (Wildman–Crippen MR) is 61.8 cm³/mol. The van der Waals surface area contributed by atoms with Crippen LogP contribution < -0.4 is 10.6 Å². The summed E-state index contributed by atoms with van der Waals surface area (Å²) in [5, 5.41) is 6.36. The van der Waals surface area contributed by atoms with Gasteiger partial charge >= 0.3 is 0 Å². The summed E-state index contributed by atoms with van der Waals surface area (Å²) in [6, 6.07) is 2.07. The molecule has 0 aliphatic carbocycles. The number of nitrogens with zero attached hydrogens (tertiary/aromatic N) is 1. The number of aryl methyl sites for hydroxylation is 1. The summed E-state index contributed by atoms with van der Waals surface area (Å²) in [6.45, 7) is 6.57. The molecule has 0 bridgehead atoms. The minimum atomic E-state index is 0.869. The number of nitrogens with one attached hydrogen (secondary N) is 2. The first-order valence-electron chi connectivity index (χ1n) is 4.77. The van der Waals surface area contributed by atoms with Crippen LogP contribution in [0, 0.1) is 6.92 Å². The van der Waals surface area contributed by atoms with Gasteiger partial charge in [-0.2, -0.15) is 0 Å². The van der Waals surface area contributed by atoms with Gasteiger partial charge < -0.3 is 10.6 Å². The van der Waals surface area contributed by atoms with E-state index in [1.54, 1.807) is 0 Å². The quantitative estimate of drug-likeness (QED) is 0.554. The van der Waals surface area contributed by atoms with E-state index < -0.39 is 0 Å². The lowest BCUT2D eigenvalue weighted by Crippen LogP contribution is -2.05. The van der Waals surface area contributed by atoms with E-state index in [0.717, 1.165) is 30.0 Å². The first-order valence-corrected chi connectivity index (χ1v) is 4.77. The first kappa shape index (κ1) is 10.6. The molecule has 0 atom stereocenters. The Hall–Kier alpha value is -1.51. The van der Waals surface area contributed by atoms with E-state index >= 15 is 0 Å². The molecule has 0 unspecified atom stereocenters. The van der Waals surface area contributed by atoms with Gasteiger partial charge in [0, 0.05) is 19.8 Å². The predicted octanol–water partition coefficient (Wildman–Crippen LogP) is 2.42. The second-order valence-corrected chi connectivity index (χ2v) is 3.16. The number of anilines is 2. The normalized spacial score (nSPS) is 9.57. The summed E-state index contributed by atoms with van der Waals surface area (Å²) in [7, 11) is 1.90. The number of rotatable bonds is 5. The fourth-order valence-corrected chi connectivity index (χ4v) is 1.19. The summed E-state index contributed by atoms with van der Waals surface area (Å²) in [5.74, 6) is 0.903. The highest BCUT2D eigenvalue weighted by molar-refractivity contribution is 5.64. The number of hydrogen-bond donors (Lipinski definition) is 2. The van der Waals surface area contributed by atoms with Crippen molar-refractivity contribution in [1.29, 1.82) is 0 Å². The van der Waals surface area contributed by atoms with Gasteiger partial charge in [-0.25, -0.2) is 4.98 Å². The van der Waals surface area contributed by atoms with E-state index in [9.17, 15) is 0 Å². The Labute approximate surface area is 85.3 Å². The summed E-state index contributed by atoms with van der Waals surface area (Å²) in [4.78, 5) is 4.31. The van der Waals surface area contributed by atoms with Crippen molar-refractivity contribution in [1.82, 2.24) is 4.98 Å². The molecule has 76 valence electrons. The van der Waals surface area contributed by atoms with Gasteiger partial charge in [0.25, 0.3) is 0 Å². The van der Waals surface area contributed by atoms with Gasteiger partial charge in [0.05, 0.1) is 5.69 Å². The highest BCUT2D eigenvalue weighted by Crippen LogP contribution is 2.18. The highest BCUT2D eigenvalue weighted by atomic mass is 15.0. The molecule has 1 heterocycles. The van der Waals surface area contributed by atoms with Crippen LogP contribution >= 0.6 is 0 Å². The Morgan fingerprint density at radius 1 is 1.57 bits per heavy atom. The molecule has 1 aromatic rings. The standard InChI is InChI=1S/C11H17N3/c1-4-5-6-13-11-10(12-3)7-9(2)8-14-11/h4,7-8,12H,1,5-6H2,2-3H3,(H,13,14). The van der Waals surface area contributed by atoms with Crippen molar-refractivity contribution >= 4 is 11.5 Å². The fraction of sp³-hybridized carbons (Fsp3) is 0.364. The third-order valence-corrected chi connectivity index (χ3v) is 1.93. The molecule has 14 heavy (non-hydrogen) atoms. The van der Waals surface area contributed by atoms with Crippen LogP contribution in [-0.4, -0.2) is 18.6 Å². The summed E-state index contributed by atoms with van der Waals surface area (Å²) >= 11 is 0.